The SMILES string of the molecule is CSC1CCCC(NC(C)C(=O)N2CCOCC2)C1. The molecule has 1 aliphatic heterocycles. The Kier molecular flexibility index (Phi) is 5.98. The van der Waals surface area contributed by atoms with E-state index >= 15 is 0 Å². The zero-order valence-electron chi connectivity index (χ0n) is 12.1. The van der Waals surface area contributed by atoms with Crippen molar-refractivity contribution in [2.75, 3.05) is 32.6 Å². The highest BCUT2D eigenvalue weighted by Gasteiger charge is 2.27. The lowest BCUT2D eigenvalue weighted by molar-refractivity contribution is -0.137. The minimum atomic E-state index is -0.0660. The number of hydrogen-bond acceptors (Lipinski definition) is 4. The molecule has 1 saturated heterocycles. The third-order valence-corrected chi connectivity index (χ3v) is 5.23. The molecule has 110 valence electrons. The van der Waals surface area contributed by atoms with Crippen LogP contribution in [0.25, 0.3) is 0 Å². The highest BCUT2D eigenvalue weighted by Crippen LogP contribution is 2.27. The fourth-order valence-electron chi connectivity index (χ4n) is 2.99. The van der Waals surface area contributed by atoms with E-state index in [2.05, 4.69) is 11.6 Å². The first kappa shape index (κ1) is 15.1. The summed E-state index contributed by atoms with van der Waals surface area (Å²) in [7, 11) is 0. The van der Waals surface area contributed by atoms with Crippen LogP contribution in [-0.4, -0.2) is 60.7 Å². The van der Waals surface area contributed by atoms with Gasteiger partial charge in [0.2, 0.25) is 5.91 Å². The van der Waals surface area contributed by atoms with Gasteiger partial charge >= 0.3 is 0 Å². The highest BCUT2D eigenvalue weighted by atomic mass is 32.2. The topological polar surface area (TPSA) is 41.6 Å². The maximum atomic E-state index is 12.3. The second-order valence-electron chi connectivity index (χ2n) is 5.55. The Morgan fingerprint density at radius 1 is 1.37 bits per heavy atom. The van der Waals surface area contributed by atoms with Gasteiger partial charge in [0.15, 0.2) is 0 Å². The van der Waals surface area contributed by atoms with Crippen LogP contribution in [0.2, 0.25) is 0 Å². The van der Waals surface area contributed by atoms with Crippen LogP contribution in [0.5, 0.6) is 0 Å². The van der Waals surface area contributed by atoms with Crippen molar-refractivity contribution in [3.63, 3.8) is 0 Å². The lowest BCUT2D eigenvalue weighted by atomic mass is 9.94. The van der Waals surface area contributed by atoms with E-state index in [0.29, 0.717) is 19.3 Å². The summed E-state index contributed by atoms with van der Waals surface area (Å²) >= 11 is 1.96. The van der Waals surface area contributed by atoms with Crippen molar-refractivity contribution < 1.29 is 9.53 Å². The Balaban J connectivity index is 1.79. The van der Waals surface area contributed by atoms with Crippen LogP contribution in [0.4, 0.5) is 0 Å². The van der Waals surface area contributed by atoms with Crippen molar-refractivity contribution in [3.05, 3.63) is 0 Å². The highest BCUT2D eigenvalue weighted by molar-refractivity contribution is 7.99. The van der Waals surface area contributed by atoms with Gasteiger partial charge < -0.3 is 15.0 Å². The Bertz CT molecular complexity index is 295. The smallest absolute Gasteiger partial charge is 0.239 e. The largest absolute Gasteiger partial charge is 0.378 e. The number of nitrogens with one attached hydrogen (secondary N) is 1. The number of hydrogen-bond donors (Lipinski definition) is 1. The molecule has 2 rings (SSSR count). The molecule has 5 heteroatoms. The number of ether oxygens (including phenoxy) is 1. The average Bonchev–Trinajstić information content (AvgIpc) is 2.47. The predicted molar refractivity (Wildman–Crippen MR) is 79.6 cm³/mol. The minimum Gasteiger partial charge on any atom is -0.378 e. The van der Waals surface area contributed by atoms with Gasteiger partial charge in [0.25, 0.3) is 0 Å². The third-order valence-electron chi connectivity index (χ3n) is 4.14. The van der Waals surface area contributed by atoms with Gasteiger partial charge in [-0.05, 0) is 32.4 Å². The van der Waals surface area contributed by atoms with E-state index < -0.39 is 0 Å². The lowest BCUT2D eigenvalue weighted by Gasteiger charge is -2.34. The first-order valence-corrected chi connectivity index (χ1v) is 8.65. The fourth-order valence-corrected chi connectivity index (χ4v) is 3.82. The summed E-state index contributed by atoms with van der Waals surface area (Å²) in [5.41, 5.74) is 0. The molecule has 0 aromatic rings. The van der Waals surface area contributed by atoms with Crippen LogP contribution in [0.1, 0.15) is 32.6 Å². The maximum absolute atomic E-state index is 12.3. The molecule has 1 aliphatic carbocycles. The van der Waals surface area contributed by atoms with Gasteiger partial charge in [-0.2, -0.15) is 11.8 Å². The van der Waals surface area contributed by atoms with Crippen molar-refractivity contribution in [2.24, 2.45) is 0 Å². The van der Waals surface area contributed by atoms with Gasteiger partial charge in [-0.25, -0.2) is 0 Å². The van der Waals surface area contributed by atoms with Crippen molar-refractivity contribution in [3.8, 4) is 0 Å². The van der Waals surface area contributed by atoms with E-state index in [9.17, 15) is 4.79 Å². The van der Waals surface area contributed by atoms with E-state index in [1.807, 2.05) is 23.6 Å². The van der Waals surface area contributed by atoms with Gasteiger partial charge in [-0.3, -0.25) is 4.79 Å². The summed E-state index contributed by atoms with van der Waals surface area (Å²) in [5.74, 6) is 0.231. The molecule has 0 spiro atoms. The molecule has 1 amide bonds. The number of rotatable bonds is 4. The van der Waals surface area contributed by atoms with Crippen LogP contribution in [0.3, 0.4) is 0 Å². The van der Waals surface area contributed by atoms with Crippen molar-refractivity contribution in [2.45, 2.75) is 49.9 Å². The molecule has 1 saturated carbocycles. The van der Waals surface area contributed by atoms with E-state index in [-0.39, 0.29) is 11.9 Å². The summed E-state index contributed by atoms with van der Waals surface area (Å²) in [4.78, 5) is 14.3. The lowest BCUT2D eigenvalue weighted by Crippen LogP contribution is -2.52. The summed E-state index contributed by atoms with van der Waals surface area (Å²) in [5, 5.41) is 4.30. The normalized spacial score (nSPS) is 30.1. The molecule has 0 aromatic heterocycles. The second-order valence-corrected chi connectivity index (χ2v) is 6.69. The zero-order chi connectivity index (χ0) is 13.7. The van der Waals surface area contributed by atoms with Gasteiger partial charge in [-0.15, -0.1) is 0 Å². The van der Waals surface area contributed by atoms with Crippen LogP contribution in [0.15, 0.2) is 0 Å². The zero-order valence-corrected chi connectivity index (χ0v) is 12.9. The number of nitrogens with zero attached hydrogens (tertiary/aromatic N) is 1. The van der Waals surface area contributed by atoms with Crippen molar-refractivity contribution >= 4 is 17.7 Å². The van der Waals surface area contributed by atoms with Gasteiger partial charge in [0, 0.05) is 24.4 Å². The average molecular weight is 286 g/mol. The standard InChI is InChI=1S/C14H26N2O2S/c1-11(14(17)16-6-8-18-9-7-16)15-12-4-3-5-13(10-12)19-2/h11-13,15H,3-10H2,1-2H3. The van der Waals surface area contributed by atoms with Gasteiger partial charge in [-0.1, -0.05) is 6.42 Å². The molecular formula is C14H26N2O2S. The number of amides is 1. The molecule has 0 aromatic carbocycles. The molecule has 0 bridgehead atoms. The molecule has 19 heavy (non-hydrogen) atoms. The molecule has 1 heterocycles. The van der Waals surface area contributed by atoms with Crippen LogP contribution < -0.4 is 5.32 Å². The number of thioether (sulfide) groups is 1. The van der Waals surface area contributed by atoms with Crippen molar-refractivity contribution in [1.82, 2.24) is 10.2 Å². The molecule has 2 aliphatic rings. The summed E-state index contributed by atoms with van der Waals surface area (Å²) < 4.78 is 5.29. The number of carbonyl (C=O) groups excluding carboxylic acids is 1. The van der Waals surface area contributed by atoms with Crippen LogP contribution in [-0.2, 0) is 9.53 Å². The Labute approximate surface area is 120 Å². The Morgan fingerprint density at radius 3 is 2.79 bits per heavy atom. The summed E-state index contributed by atoms with van der Waals surface area (Å²) in [6.45, 7) is 4.83. The summed E-state index contributed by atoms with van der Waals surface area (Å²) in [6, 6.07) is 0.440. The van der Waals surface area contributed by atoms with Crippen molar-refractivity contribution in [1.29, 1.82) is 0 Å². The van der Waals surface area contributed by atoms with Gasteiger partial charge in [0.1, 0.15) is 0 Å². The quantitative estimate of drug-likeness (QED) is 0.850. The Morgan fingerprint density at radius 2 is 2.11 bits per heavy atom. The number of morpholine rings is 1. The van der Waals surface area contributed by atoms with Crippen LogP contribution >= 0.6 is 11.8 Å². The molecule has 0 radical (unpaired) electrons. The van der Waals surface area contributed by atoms with Gasteiger partial charge in [0.05, 0.1) is 19.3 Å². The fraction of sp³-hybridized carbons (Fsp3) is 0.929. The maximum Gasteiger partial charge on any atom is 0.239 e. The molecule has 2 fully saturated rings. The second kappa shape index (κ2) is 7.50. The Hall–Kier alpha value is -0.260. The first-order valence-electron chi connectivity index (χ1n) is 7.36. The first-order chi connectivity index (χ1) is 9.20. The van der Waals surface area contributed by atoms with E-state index in [1.54, 1.807) is 0 Å². The van der Waals surface area contributed by atoms with Crippen LogP contribution in [0, 0.1) is 0 Å². The number of carbonyl (C=O) groups is 1. The minimum absolute atomic E-state index is 0.0660. The molecule has 3 unspecified atom stereocenters. The monoisotopic (exact) mass is 286 g/mol. The van der Waals surface area contributed by atoms with E-state index in [0.717, 1.165) is 18.3 Å². The van der Waals surface area contributed by atoms with E-state index in [1.165, 1.54) is 25.7 Å². The molecular weight excluding hydrogens is 260 g/mol. The molecule has 1 N–H and O–H groups in total. The third kappa shape index (κ3) is 4.36. The summed E-state index contributed by atoms with van der Waals surface area (Å²) in [6.07, 6.45) is 7.20. The van der Waals surface area contributed by atoms with E-state index in [4.69, 9.17) is 4.74 Å². The molecule has 3 atom stereocenters. The molecule has 4 nitrogen and oxygen atoms in total. The predicted octanol–water partition coefficient (Wildman–Crippen LogP) is 1.50.